The summed E-state index contributed by atoms with van der Waals surface area (Å²) in [6.07, 6.45) is 3.58. The van der Waals surface area contributed by atoms with Gasteiger partial charge in [0.1, 0.15) is 0 Å². The number of aryl methyl sites for hydroxylation is 2. The third kappa shape index (κ3) is 2.28. The first-order chi connectivity index (χ1) is 8.51. The Morgan fingerprint density at radius 3 is 2.67 bits per heavy atom. The van der Waals surface area contributed by atoms with Crippen LogP contribution in [0.15, 0.2) is 6.07 Å². The van der Waals surface area contributed by atoms with Crippen molar-refractivity contribution in [3.05, 3.63) is 17.5 Å². The second-order valence-corrected chi connectivity index (χ2v) is 5.47. The quantitative estimate of drug-likeness (QED) is 0.844. The molecule has 0 amide bonds. The van der Waals surface area contributed by atoms with E-state index in [1.807, 2.05) is 18.5 Å². The van der Waals surface area contributed by atoms with Gasteiger partial charge in [-0.25, -0.2) is 0 Å². The largest absolute Gasteiger partial charge is 0.481 e. The van der Waals surface area contributed by atoms with Gasteiger partial charge in [0.2, 0.25) is 0 Å². The average molecular weight is 250 g/mol. The SMILES string of the molecule is CCc1cc(CC(C)(C(=O)O)C2CC2)n(CC)n1. The predicted molar refractivity (Wildman–Crippen MR) is 69.4 cm³/mol. The van der Waals surface area contributed by atoms with Crippen LogP contribution >= 0.6 is 0 Å². The number of carboxylic acids is 1. The highest BCUT2D eigenvalue weighted by atomic mass is 16.4. The Bertz CT molecular complexity index is 449. The fourth-order valence-electron chi connectivity index (χ4n) is 2.60. The van der Waals surface area contributed by atoms with Crippen LogP contribution in [0.5, 0.6) is 0 Å². The van der Waals surface area contributed by atoms with E-state index in [2.05, 4.69) is 18.1 Å². The molecule has 1 N–H and O–H groups in total. The maximum absolute atomic E-state index is 11.6. The lowest BCUT2D eigenvalue weighted by Gasteiger charge is -2.24. The molecule has 1 unspecified atom stereocenters. The predicted octanol–water partition coefficient (Wildman–Crippen LogP) is 2.51. The highest BCUT2D eigenvalue weighted by molar-refractivity contribution is 5.75. The second-order valence-electron chi connectivity index (χ2n) is 5.47. The van der Waals surface area contributed by atoms with Crippen molar-refractivity contribution >= 4 is 5.97 Å². The molecule has 2 rings (SSSR count). The Morgan fingerprint density at radius 1 is 1.56 bits per heavy atom. The van der Waals surface area contributed by atoms with Crippen molar-refractivity contribution in [3.8, 4) is 0 Å². The van der Waals surface area contributed by atoms with Crippen molar-refractivity contribution in [3.63, 3.8) is 0 Å². The number of rotatable bonds is 6. The van der Waals surface area contributed by atoms with E-state index in [4.69, 9.17) is 0 Å². The number of hydrogen-bond acceptors (Lipinski definition) is 2. The highest BCUT2D eigenvalue weighted by Crippen LogP contribution is 2.47. The Kier molecular flexibility index (Phi) is 3.46. The van der Waals surface area contributed by atoms with Crippen LogP contribution in [0, 0.1) is 11.3 Å². The van der Waals surface area contributed by atoms with Crippen LogP contribution in [0.3, 0.4) is 0 Å². The zero-order valence-electron chi connectivity index (χ0n) is 11.4. The molecule has 100 valence electrons. The lowest BCUT2D eigenvalue weighted by Crippen LogP contribution is -2.33. The minimum Gasteiger partial charge on any atom is -0.481 e. The normalized spacial score (nSPS) is 18.6. The van der Waals surface area contributed by atoms with Crippen molar-refractivity contribution in [1.29, 1.82) is 0 Å². The molecule has 4 heteroatoms. The highest BCUT2D eigenvalue weighted by Gasteiger charge is 2.47. The lowest BCUT2D eigenvalue weighted by molar-refractivity contribution is -0.149. The van der Waals surface area contributed by atoms with Gasteiger partial charge in [-0.3, -0.25) is 9.48 Å². The van der Waals surface area contributed by atoms with E-state index in [1.165, 1.54) is 0 Å². The van der Waals surface area contributed by atoms with E-state index in [9.17, 15) is 9.90 Å². The first-order valence-corrected chi connectivity index (χ1v) is 6.80. The van der Waals surface area contributed by atoms with Gasteiger partial charge in [0.05, 0.1) is 11.1 Å². The van der Waals surface area contributed by atoms with Gasteiger partial charge >= 0.3 is 5.97 Å². The van der Waals surface area contributed by atoms with E-state index in [0.717, 1.165) is 37.2 Å². The number of nitrogens with zero attached hydrogens (tertiary/aromatic N) is 2. The van der Waals surface area contributed by atoms with Crippen LogP contribution in [0.25, 0.3) is 0 Å². The van der Waals surface area contributed by atoms with E-state index in [1.54, 1.807) is 0 Å². The second kappa shape index (κ2) is 4.75. The van der Waals surface area contributed by atoms with Gasteiger partial charge < -0.3 is 5.11 Å². The van der Waals surface area contributed by atoms with Gasteiger partial charge in [0.15, 0.2) is 0 Å². The number of hydrogen-bond donors (Lipinski definition) is 1. The molecular formula is C14H22N2O2. The van der Waals surface area contributed by atoms with Crippen molar-refractivity contribution < 1.29 is 9.90 Å². The first kappa shape index (κ1) is 13.1. The molecule has 0 spiro atoms. The Balaban J connectivity index is 2.26. The molecule has 1 fully saturated rings. The van der Waals surface area contributed by atoms with Crippen molar-refractivity contribution in [1.82, 2.24) is 9.78 Å². The molecule has 1 aromatic rings. The summed E-state index contributed by atoms with van der Waals surface area (Å²) in [5.74, 6) is -0.341. The molecule has 0 aliphatic heterocycles. The molecule has 0 saturated heterocycles. The van der Waals surface area contributed by atoms with Gasteiger partial charge in [-0.15, -0.1) is 0 Å². The fourth-order valence-corrected chi connectivity index (χ4v) is 2.60. The zero-order valence-corrected chi connectivity index (χ0v) is 11.4. The summed E-state index contributed by atoms with van der Waals surface area (Å²) in [5, 5.41) is 14.0. The molecule has 18 heavy (non-hydrogen) atoms. The molecular weight excluding hydrogens is 228 g/mol. The number of carboxylic acid groups (broad SMARTS) is 1. The van der Waals surface area contributed by atoms with E-state index >= 15 is 0 Å². The lowest BCUT2D eigenvalue weighted by atomic mass is 9.80. The molecule has 1 aliphatic rings. The van der Waals surface area contributed by atoms with Gasteiger partial charge in [0, 0.05) is 18.7 Å². The minimum atomic E-state index is -0.674. The van der Waals surface area contributed by atoms with E-state index in [-0.39, 0.29) is 0 Å². The first-order valence-electron chi connectivity index (χ1n) is 6.80. The van der Waals surface area contributed by atoms with Gasteiger partial charge in [-0.1, -0.05) is 6.92 Å². The summed E-state index contributed by atoms with van der Waals surface area (Å²) in [6.45, 7) is 6.80. The summed E-state index contributed by atoms with van der Waals surface area (Å²) >= 11 is 0. The molecule has 1 aromatic heterocycles. The summed E-state index contributed by atoms with van der Waals surface area (Å²) in [4.78, 5) is 11.6. The molecule has 0 radical (unpaired) electrons. The molecule has 0 bridgehead atoms. The molecule has 1 atom stereocenters. The molecule has 4 nitrogen and oxygen atoms in total. The molecule has 1 saturated carbocycles. The minimum absolute atomic E-state index is 0.334. The summed E-state index contributed by atoms with van der Waals surface area (Å²) in [7, 11) is 0. The Hall–Kier alpha value is -1.32. The van der Waals surface area contributed by atoms with Crippen LogP contribution in [-0.4, -0.2) is 20.9 Å². The number of aromatic nitrogens is 2. The molecule has 1 aliphatic carbocycles. The van der Waals surface area contributed by atoms with Crippen molar-refractivity contribution in [2.24, 2.45) is 11.3 Å². The van der Waals surface area contributed by atoms with Crippen LogP contribution in [0.4, 0.5) is 0 Å². The molecule has 1 heterocycles. The van der Waals surface area contributed by atoms with Gasteiger partial charge in [-0.2, -0.15) is 5.10 Å². The van der Waals surface area contributed by atoms with Crippen molar-refractivity contribution in [2.45, 2.75) is 53.0 Å². The Morgan fingerprint density at radius 2 is 2.22 bits per heavy atom. The summed E-state index contributed by atoms with van der Waals surface area (Å²) < 4.78 is 1.95. The fraction of sp³-hybridized carbons (Fsp3) is 0.714. The van der Waals surface area contributed by atoms with E-state index in [0.29, 0.717) is 12.3 Å². The third-order valence-corrected chi connectivity index (χ3v) is 4.09. The maximum Gasteiger partial charge on any atom is 0.310 e. The van der Waals surface area contributed by atoms with Crippen LogP contribution in [0.2, 0.25) is 0 Å². The molecule has 0 aromatic carbocycles. The number of aliphatic carboxylic acids is 1. The van der Waals surface area contributed by atoms with Gasteiger partial charge in [0.25, 0.3) is 0 Å². The Labute approximate surface area is 108 Å². The van der Waals surface area contributed by atoms with Gasteiger partial charge in [-0.05, 0) is 45.1 Å². The standard InChI is InChI=1S/C14H22N2O2/c1-4-11-8-12(16(5-2)15-11)9-14(3,13(17)18)10-6-7-10/h8,10H,4-7,9H2,1-3H3,(H,17,18). The van der Waals surface area contributed by atoms with Crippen LogP contribution in [-0.2, 0) is 24.2 Å². The van der Waals surface area contributed by atoms with E-state index < -0.39 is 11.4 Å². The average Bonchev–Trinajstić information content (AvgIpc) is 3.12. The van der Waals surface area contributed by atoms with Crippen LogP contribution in [0.1, 0.15) is 45.0 Å². The third-order valence-electron chi connectivity index (χ3n) is 4.09. The van der Waals surface area contributed by atoms with Crippen LogP contribution < -0.4 is 0 Å². The van der Waals surface area contributed by atoms with Crippen molar-refractivity contribution in [2.75, 3.05) is 0 Å². The monoisotopic (exact) mass is 250 g/mol. The summed E-state index contributed by atoms with van der Waals surface area (Å²) in [5.41, 5.74) is 1.49. The topological polar surface area (TPSA) is 55.1 Å². The number of carbonyl (C=O) groups is 1. The smallest absolute Gasteiger partial charge is 0.310 e. The summed E-state index contributed by atoms with van der Waals surface area (Å²) in [6, 6.07) is 2.06. The maximum atomic E-state index is 11.6. The zero-order chi connectivity index (χ0) is 13.3.